The van der Waals surface area contributed by atoms with Gasteiger partial charge in [-0.3, -0.25) is 4.79 Å². The molecule has 0 aromatic carbocycles. The molecule has 1 fully saturated rings. The fourth-order valence-electron chi connectivity index (χ4n) is 1.60. The predicted octanol–water partition coefficient (Wildman–Crippen LogP) is 0.106. The maximum Gasteiger partial charge on any atom is 0.325 e. The summed E-state index contributed by atoms with van der Waals surface area (Å²) in [4.78, 5) is 22.2. The van der Waals surface area contributed by atoms with Crippen molar-refractivity contribution in [2.45, 2.75) is 32.4 Å². The van der Waals surface area contributed by atoms with Crippen LogP contribution in [0.25, 0.3) is 0 Å². The van der Waals surface area contributed by atoms with Gasteiger partial charge in [0.1, 0.15) is 12.3 Å². The van der Waals surface area contributed by atoms with E-state index in [1.807, 2.05) is 0 Å². The third-order valence-corrected chi connectivity index (χ3v) is 2.79. The van der Waals surface area contributed by atoms with Crippen LogP contribution in [0.3, 0.4) is 0 Å². The number of hydrogen-bond acceptors (Lipinski definition) is 6. The highest BCUT2D eigenvalue weighted by Gasteiger charge is 2.30. The zero-order valence-electron chi connectivity index (χ0n) is 11.1. The van der Waals surface area contributed by atoms with Gasteiger partial charge in [0.15, 0.2) is 6.79 Å². The van der Waals surface area contributed by atoms with Crippen LogP contribution < -0.4 is 5.32 Å². The fourth-order valence-corrected chi connectivity index (χ4v) is 1.60. The quantitative estimate of drug-likeness (QED) is 0.303. The van der Waals surface area contributed by atoms with Crippen molar-refractivity contribution in [3.63, 3.8) is 0 Å². The Morgan fingerprint density at radius 3 is 2.78 bits per heavy atom. The molecule has 0 aliphatic carbocycles. The monoisotopic (exact) mass is 259 g/mol. The van der Waals surface area contributed by atoms with Crippen LogP contribution in [0.15, 0.2) is 0 Å². The van der Waals surface area contributed by atoms with E-state index in [9.17, 15) is 9.59 Å². The summed E-state index contributed by atoms with van der Waals surface area (Å²) in [5.41, 5.74) is -0.556. The van der Waals surface area contributed by atoms with Crippen LogP contribution in [-0.4, -0.2) is 51.5 Å². The van der Waals surface area contributed by atoms with E-state index in [0.29, 0.717) is 13.0 Å². The summed E-state index contributed by atoms with van der Waals surface area (Å²) in [6.07, 6.45) is 1.48. The highest BCUT2D eigenvalue weighted by Crippen LogP contribution is 2.12. The molecule has 1 aliphatic heterocycles. The lowest BCUT2D eigenvalue weighted by Gasteiger charge is -2.17. The molecule has 0 aromatic rings. The normalized spacial score (nSPS) is 23.9. The van der Waals surface area contributed by atoms with E-state index in [0.717, 1.165) is 6.29 Å². The van der Waals surface area contributed by atoms with Gasteiger partial charge in [0, 0.05) is 25.5 Å². The third kappa shape index (κ3) is 4.72. The largest absolute Gasteiger partial charge is 0.437 e. The lowest BCUT2D eigenvalue weighted by molar-refractivity contribution is -0.161. The number of ether oxygens (including phenoxy) is 3. The molecule has 6 nitrogen and oxygen atoms in total. The van der Waals surface area contributed by atoms with Crippen molar-refractivity contribution in [2.75, 3.05) is 27.1 Å². The van der Waals surface area contributed by atoms with Crippen molar-refractivity contribution in [3.05, 3.63) is 0 Å². The van der Waals surface area contributed by atoms with E-state index in [-0.39, 0.29) is 31.5 Å². The Bertz CT molecular complexity index is 292. The second-order valence-electron chi connectivity index (χ2n) is 5.09. The topological polar surface area (TPSA) is 73.9 Å². The molecule has 2 atom stereocenters. The molecule has 1 aliphatic rings. The summed E-state index contributed by atoms with van der Waals surface area (Å²) in [5, 5.41) is 3.01. The summed E-state index contributed by atoms with van der Waals surface area (Å²) in [7, 11) is 1.62. The van der Waals surface area contributed by atoms with Crippen molar-refractivity contribution in [2.24, 2.45) is 5.41 Å². The van der Waals surface area contributed by atoms with Crippen LogP contribution in [-0.2, 0) is 23.8 Å². The minimum atomic E-state index is -0.556. The highest BCUT2D eigenvalue weighted by molar-refractivity contribution is 5.76. The molecule has 1 unspecified atom stereocenters. The summed E-state index contributed by atoms with van der Waals surface area (Å²) < 4.78 is 15.2. The molecule has 1 heterocycles. The zero-order valence-corrected chi connectivity index (χ0v) is 11.1. The van der Waals surface area contributed by atoms with Crippen LogP contribution in [0.1, 0.15) is 20.3 Å². The van der Waals surface area contributed by atoms with Gasteiger partial charge in [-0.2, -0.15) is 0 Å². The molecule has 0 saturated carbocycles. The van der Waals surface area contributed by atoms with Crippen molar-refractivity contribution in [3.8, 4) is 0 Å². The molecule has 6 heteroatoms. The van der Waals surface area contributed by atoms with Crippen molar-refractivity contribution < 1.29 is 23.8 Å². The molecular formula is C12H21NO5. The summed E-state index contributed by atoms with van der Waals surface area (Å²) in [5.74, 6) is -0.349. The number of aldehydes is 1. The van der Waals surface area contributed by atoms with Gasteiger partial charge in [-0.15, -0.1) is 0 Å². The number of hydrogen-bond donors (Lipinski definition) is 1. The maximum absolute atomic E-state index is 11.6. The second kappa shape index (κ2) is 6.82. The van der Waals surface area contributed by atoms with Gasteiger partial charge >= 0.3 is 5.97 Å². The molecular weight excluding hydrogens is 238 g/mol. The Labute approximate surface area is 107 Å². The van der Waals surface area contributed by atoms with E-state index in [1.54, 1.807) is 21.0 Å². The SMILES string of the molecule is COC1CN[C@H](C(=O)OCOCC(C)(C)C=O)C1. The average molecular weight is 259 g/mol. The lowest BCUT2D eigenvalue weighted by Crippen LogP contribution is -2.33. The molecule has 18 heavy (non-hydrogen) atoms. The molecule has 104 valence electrons. The standard InChI is InChI=1S/C12H21NO5/c1-12(2,6-14)7-17-8-18-11(15)10-4-9(16-3)5-13-10/h6,9-10,13H,4-5,7-8H2,1-3H3/t9?,10-/m0/s1. The first kappa shape index (κ1) is 15.1. The van der Waals surface area contributed by atoms with Gasteiger partial charge in [0.2, 0.25) is 0 Å². The Hall–Kier alpha value is -0.980. The van der Waals surface area contributed by atoms with E-state index in [4.69, 9.17) is 14.2 Å². The van der Waals surface area contributed by atoms with Gasteiger partial charge in [0.25, 0.3) is 0 Å². The maximum atomic E-state index is 11.6. The Morgan fingerprint density at radius 1 is 1.50 bits per heavy atom. The molecule has 0 spiro atoms. The predicted molar refractivity (Wildman–Crippen MR) is 64.0 cm³/mol. The van der Waals surface area contributed by atoms with Crippen molar-refractivity contribution in [1.82, 2.24) is 5.32 Å². The first-order chi connectivity index (χ1) is 8.48. The van der Waals surface area contributed by atoms with Crippen LogP contribution in [0.4, 0.5) is 0 Å². The number of esters is 1. The van der Waals surface area contributed by atoms with Gasteiger partial charge in [0.05, 0.1) is 12.7 Å². The average Bonchev–Trinajstić information content (AvgIpc) is 2.83. The smallest absolute Gasteiger partial charge is 0.325 e. The first-order valence-corrected chi connectivity index (χ1v) is 5.95. The van der Waals surface area contributed by atoms with Gasteiger partial charge in [-0.1, -0.05) is 13.8 Å². The number of carbonyl (C=O) groups excluding carboxylic acids is 2. The first-order valence-electron chi connectivity index (χ1n) is 5.95. The Balaban J connectivity index is 2.16. The Morgan fingerprint density at radius 2 is 2.22 bits per heavy atom. The number of carbonyl (C=O) groups is 2. The van der Waals surface area contributed by atoms with Crippen LogP contribution >= 0.6 is 0 Å². The third-order valence-electron chi connectivity index (χ3n) is 2.79. The summed E-state index contributed by atoms with van der Waals surface area (Å²) in [6, 6.07) is -0.336. The van der Waals surface area contributed by atoms with E-state index in [1.165, 1.54) is 0 Å². The minimum absolute atomic E-state index is 0.0532. The number of nitrogens with one attached hydrogen (secondary N) is 1. The Kier molecular flexibility index (Phi) is 5.71. The molecule has 0 amide bonds. The minimum Gasteiger partial charge on any atom is -0.437 e. The molecule has 0 bridgehead atoms. The second-order valence-corrected chi connectivity index (χ2v) is 5.09. The lowest BCUT2D eigenvalue weighted by atomic mass is 9.98. The molecule has 0 aromatic heterocycles. The van der Waals surface area contributed by atoms with Crippen molar-refractivity contribution >= 4 is 12.3 Å². The number of rotatable bonds is 7. The van der Waals surface area contributed by atoms with Gasteiger partial charge in [-0.05, 0) is 0 Å². The highest BCUT2D eigenvalue weighted by atomic mass is 16.7. The molecule has 1 rings (SSSR count). The molecule has 0 radical (unpaired) electrons. The molecule has 1 saturated heterocycles. The number of methoxy groups -OCH3 is 1. The van der Waals surface area contributed by atoms with Crippen LogP contribution in [0.2, 0.25) is 0 Å². The van der Waals surface area contributed by atoms with Crippen LogP contribution in [0.5, 0.6) is 0 Å². The zero-order chi connectivity index (χ0) is 13.6. The van der Waals surface area contributed by atoms with Crippen molar-refractivity contribution in [1.29, 1.82) is 0 Å². The summed E-state index contributed by atoms with van der Waals surface area (Å²) >= 11 is 0. The van der Waals surface area contributed by atoms with E-state index >= 15 is 0 Å². The van der Waals surface area contributed by atoms with Gasteiger partial charge < -0.3 is 24.3 Å². The fraction of sp³-hybridized carbons (Fsp3) is 0.833. The summed E-state index contributed by atoms with van der Waals surface area (Å²) in [6.45, 7) is 4.25. The van der Waals surface area contributed by atoms with E-state index in [2.05, 4.69) is 5.32 Å². The van der Waals surface area contributed by atoms with Crippen LogP contribution in [0, 0.1) is 5.41 Å². The van der Waals surface area contributed by atoms with E-state index < -0.39 is 5.41 Å². The van der Waals surface area contributed by atoms with Gasteiger partial charge in [-0.25, -0.2) is 0 Å². The molecule has 1 N–H and O–H groups in total.